The van der Waals surface area contributed by atoms with Gasteiger partial charge in [-0.15, -0.1) is 0 Å². The van der Waals surface area contributed by atoms with Crippen LogP contribution in [-0.4, -0.2) is 19.7 Å². The standard InChI is InChI=1S/C21H19N3O/c1-13-14(2)22-21-19(16-9-11-18(25)12-10-16)20(23-24(21)15(13)3)17-7-5-4-6-8-17/h4-12,25H,1-3H3. The van der Waals surface area contributed by atoms with Gasteiger partial charge in [0.25, 0.3) is 0 Å². The quantitative estimate of drug-likeness (QED) is 0.580. The van der Waals surface area contributed by atoms with Crippen molar-refractivity contribution >= 4 is 5.65 Å². The van der Waals surface area contributed by atoms with Crippen LogP contribution in [0.5, 0.6) is 5.75 Å². The highest BCUT2D eigenvalue weighted by Crippen LogP contribution is 2.36. The predicted molar refractivity (Wildman–Crippen MR) is 99.7 cm³/mol. The van der Waals surface area contributed by atoms with Gasteiger partial charge in [0, 0.05) is 17.0 Å². The molecule has 0 unspecified atom stereocenters. The maximum absolute atomic E-state index is 9.64. The van der Waals surface area contributed by atoms with Crippen molar-refractivity contribution in [1.82, 2.24) is 14.6 Å². The SMILES string of the molecule is Cc1nc2c(-c3ccc(O)cc3)c(-c3ccccc3)nn2c(C)c1C. The summed E-state index contributed by atoms with van der Waals surface area (Å²) in [5.41, 5.74) is 7.99. The van der Waals surface area contributed by atoms with Crippen LogP contribution in [-0.2, 0) is 0 Å². The number of phenolic OH excluding ortho intramolecular Hbond substituents is 1. The van der Waals surface area contributed by atoms with E-state index in [9.17, 15) is 5.11 Å². The van der Waals surface area contributed by atoms with Gasteiger partial charge in [0.2, 0.25) is 0 Å². The molecular weight excluding hydrogens is 310 g/mol. The van der Waals surface area contributed by atoms with Crippen molar-refractivity contribution in [2.24, 2.45) is 0 Å². The summed E-state index contributed by atoms with van der Waals surface area (Å²) in [4.78, 5) is 4.82. The van der Waals surface area contributed by atoms with Gasteiger partial charge in [-0.25, -0.2) is 9.50 Å². The van der Waals surface area contributed by atoms with Gasteiger partial charge < -0.3 is 5.11 Å². The highest BCUT2D eigenvalue weighted by atomic mass is 16.3. The number of hydrogen-bond donors (Lipinski definition) is 1. The van der Waals surface area contributed by atoms with Gasteiger partial charge in [-0.3, -0.25) is 0 Å². The first-order chi connectivity index (χ1) is 12.1. The van der Waals surface area contributed by atoms with E-state index in [-0.39, 0.29) is 5.75 Å². The lowest BCUT2D eigenvalue weighted by Crippen LogP contribution is -2.02. The average Bonchev–Trinajstić information content (AvgIpc) is 3.01. The summed E-state index contributed by atoms with van der Waals surface area (Å²) in [7, 11) is 0. The fourth-order valence-corrected chi connectivity index (χ4v) is 3.10. The Labute approximate surface area is 146 Å². The monoisotopic (exact) mass is 329 g/mol. The third-order valence-electron chi connectivity index (χ3n) is 4.74. The summed E-state index contributed by atoms with van der Waals surface area (Å²) < 4.78 is 1.92. The number of aryl methyl sites for hydroxylation is 2. The average molecular weight is 329 g/mol. The summed E-state index contributed by atoms with van der Waals surface area (Å²) in [6.07, 6.45) is 0. The fourth-order valence-electron chi connectivity index (χ4n) is 3.10. The van der Waals surface area contributed by atoms with Gasteiger partial charge in [0.15, 0.2) is 5.65 Å². The number of aromatic hydroxyl groups is 1. The third kappa shape index (κ3) is 2.47. The minimum atomic E-state index is 0.248. The van der Waals surface area contributed by atoms with Gasteiger partial charge in [0.1, 0.15) is 11.4 Å². The molecule has 0 aliphatic heterocycles. The van der Waals surface area contributed by atoms with Crippen LogP contribution < -0.4 is 0 Å². The molecular formula is C21H19N3O. The third-order valence-corrected chi connectivity index (χ3v) is 4.74. The van der Waals surface area contributed by atoms with E-state index in [1.54, 1.807) is 12.1 Å². The molecule has 0 spiro atoms. The molecule has 4 aromatic rings. The fraction of sp³-hybridized carbons (Fsp3) is 0.143. The van der Waals surface area contributed by atoms with Crippen molar-refractivity contribution in [2.75, 3.05) is 0 Å². The Morgan fingerprint density at radius 2 is 1.52 bits per heavy atom. The smallest absolute Gasteiger partial charge is 0.164 e. The van der Waals surface area contributed by atoms with Crippen molar-refractivity contribution in [3.05, 3.63) is 71.5 Å². The van der Waals surface area contributed by atoms with Crippen LogP contribution in [0.15, 0.2) is 54.6 Å². The molecule has 2 aromatic carbocycles. The zero-order valence-corrected chi connectivity index (χ0v) is 14.5. The Morgan fingerprint density at radius 3 is 2.20 bits per heavy atom. The molecule has 0 saturated heterocycles. The molecule has 4 heteroatoms. The molecule has 2 aromatic heterocycles. The maximum Gasteiger partial charge on any atom is 0.164 e. The van der Waals surface area contributed by atoms with Crippen LogP contribution in [0.25, 0.3) is 28.0 Å². The van der Waals surface area contributed by atoms with Crippen molar-refractivity contribution in [3.8, 4) is 28.1 Å². The number of benzene rings is 2. The zero-order valence-electron chi connectivity index (χ0n) is 14.5. The molecule has 0 saturated carbocycles. The van der Waals surface area contributed by atoms with Crippen molar-refractivity contribution < 1.29 is 5.11 Å². The number of hydrogen-bond acceptors (Lipinski definition) is 3. The molecule has 0 bridgehead atoms. The largest absolute Gasteiger partial charge is 0.508 e. The van der Waals surface area contributed by atoms with Crippen molar-refractivity contribution in [3.63, 3.8) is 0 Å². The Kier molecular flexibility index (Phi) is 3.53. The van der Waals surface area contributed by atoms with E-state index in [2.05, 4.69) is 26.0 Å². The summed E-state index contributed by atoms with van der Waals surface area (Å²) in [5.74, 6) is 0.248. The van der Waals surface area contributed by atoms with E-state index in [1.807, 2.05) is 41.8 Å². The zero-order chi connectivity index (χ0) is 17.6. The van der Waals surface area contributed by atoms with Crippen LogP contribution >= 0.6 is 0 Å². The molecule has 0 aliphatic rings. The van der Waals surface area contributed by atoms with Gasteiger partial charge in [0.05, 0.1) is 5.56 Å². The number of nitrogens with zero attached hydrogens (tertiary/aromatic N) is 3. The van der Waals surface area contributed by atoms with E-state index in [1.165, 1.54) is 0 Å². The number of aromatic nitrogens is 3. The van der Waals surface area contributed by atoms with Gasteiger partial charge in [-0.1, -0.05) is 42.5 Å². The molecule has 0 atom stereocenters. The summed E-state index contributed by atoms with van der Waals surface area (Å²) in [5, 5.41) is 14.5. The van der Waals surface area contributed by atoms with Gasteiger partial charge in [-0.05, 0) is 44.0 Å². The lowest BCUT2D eigenvalue weighted by Gasteiger charge is -2.07. The lowest BCUT2D eigenvalue weighted by molar-refractivity contribution is 0.475. The molecule has 4 rings (SSSR count). The van der Waals surface area contributed by atoms with E-state index >= 15 is 0 Å². The second-order valence-corrected chi connectivity index (χ2v) is 6.28. The molecule has 0 radical (unpaired) electrons. The second-order valence-electron chi connectivity index (χ2n) is 6.28. The van der Waals surface area contributed by atoms with E-state index in [0.717, 1.165) is 45.0 Å². The highest BCUT2D eigenvalue weighted by Gasteiger charge is 2.20. The van der Waals surface area contributed by atoms with Gasteiger partial charge in [-0.2, -0.15) is 5.10 Å². The van der Waals surface area contributed by atoms with Crippen LogP contribution in [0.3, 0.4) is 0 Å². The normalized spacial score (nSPS) is 11.2. The summed E-state index contributed by atoms with van der Waals surface area (Å²) >= 11 is 0. The number of phenols is 1. The van der Waals surface area contributed by atoms with E-state index in [4.69, 9.17) is 10.1 Å². The van der Waals surface area contributed by atoms with Crippen LogP contribution in [0, 0.1) is 20.8 Å². The molecule has 25 heavy (non-hydrogen) atoms. The topological polar surface area (TPSA) is 50.4 Å². The maximum atomic E-state index is 9.64. The lowest BCUT2D eigenvalue weighted by atomic mass is 10.0. The summed E-state index contributed by atoms with van der Waals surface area (Å²) in [6, 6.07) is 17.3. The van der Waals surface area contributed by atoms with Crippen molar-refractivity contribution in [2.45, 2.75) is 20.8 Å². The van der Waals surface area contributed by atoms with Crippen LogP contribution in [0.2, 0.25) is 0 Å². The van der Waals surface area contributed by atoms with Gasteiger partial charge >= 0.3 is 0 Å². The molecule has 0 fully saturated rings. The number of fused-ring (bicyclic) bond motifs is 1. The first-order valence-corrected chi connectivity index (χ1v) is 8.27. The Bertz CT molecular complexity index is 1060. The molecule has 2 heterocycles. The minimum Gasteiger partial charge on any atom is -0.508 e. The van der Waals surface area contributed by atoms with Crippen LogP contribution in [0.4, 0.5) is 0 Å². The minimum absolute atomic E-state index is 0.248. The first-order valence-electron chi connectivity index (χ1n) is 8.27. The molecule has 0 aliphatic carbocycles. The van der Waals surface area contributed by atoms with E-state index < -0.39 is 0 Å². The van der Waals surface area contributed by atoms with Crippen LogP contribution in [0.1, 0.15) is 17.0 Å². The Morgan fingerprint density at radius 1 is 0.840 bits per heavy atom. The highest BCUT2D eigenvalue weighted by molar-refractivity contribution is 5.90. The predicted octanol–water partition coefficient (Wildman–Crippen LogP) is 4.69. The second kappa shape index (κ2) is 5.74. The molecule has 124 valence electrons. The molecule has 0 amide bonds. The first kappa shape index (κ1) is 15.4. The molecule has 4 nitrogen and oxygen atoms in total. The Balaban J connectivity index is 2.12. The molecule has 1 N–H and O–H groups in total. The number of rotatable bonds is 2. The van der Waals surface area contributed by atoms with E-state index in [0.29, 0.717) is 0 Å². The van der Waals surface area contributed by atoms with Crippen molar-refractivity contribution in [1.29, 1.82) is 0 Å². The Hall–Kier alpha value is -3.14. The summed E-state index contributed by atoms with van der Waals surface area (Å²) in [6.45, 7) is 6.17.